The summed E-state index contributed by atoms with van der Waals surface area (Å²) in [5.41, 5.74) is 4.74. The van der Waals surface area contributed by atoms with Crippen LogP contribution in [-0.4, -0.2) is 105 Å². The lowest BCUT2D eigenvalue weighted by atomic mass is 10.2. The van der Waals surface area contributed by atoms with Gasteiger partial charge >= 0.3 is 12.1 Å². The van der Waals surface area contributed by atoms with Gasteiger partial charge < -0.3 is 27.0 Å². The number of carbonyl (C=O) groups excluding carboxylic acids is 1. The number of nitrogens with zero attached hydrogens (tertiary/aromatic N) is 5. The SMILES string of the molecule is CC(N)CNc1nc(F)nc(Nc2ccc(N=Nc3ccc(S(=O)(=O)O)cc3S(=O)(=O)O)c(NC(=O)NCCS(=O)(=O)CCS(=O)(=O)O)c2)n1. The van der Waals surface area contributed by atoms with E-state index in [4.69, 9.17) is 10.3 Å². The van der Waals surface area contributed by atoms with Gasteiger partial charge in [0.2, 0.25) is 11.9 Å². The second-order valence-electron chi connectivity index (χ2n) is 10.1. The highest BCUT2D eigenvalue weighted by Crippen LogP contribution is 2.33. The summed E-state index contributed by atoms with van der Waals surface area (Å²) < 4.78 is 134. The van der Waals surface area contributed by atoms with Gasteiger partial charge in [-0.25, -0.2) is 13.2 Å². The van der Waals surface area contributed by atoms with E-state index in [-0.39, 0.29) is 41.5 Å². The normalized spacial score (nSPS) is 13.2. The van der Waals surface area contributed by atoms with Crippen molar-refractivity contribution in [1.29, 1.82) is 0 Å². The van der Waals surface area contributed by atoms with Crippen molar-refractivity contribution >= 4 is 80.9 Å². The molecular weight excluding hydrogens is 756 g/mol. The van der Waals surface area contributed by atoms with E-state index in [0.29, 0.717) is 6.07 Å². The Morgan fingerprint density at radius 1 is 0.860 bits per heavy atom. The van der Waals surface area contributed by atoms with Gasteiger partial charge in [-0.2, -0.15) is 44.6 Å². The van der Waals surface area contributed by atoms with E-state index in [1.165, 1.54) is 18.2 Å². The van der Waals surface area contributed by atoms with Crippen molar-refractivity contribution in [2.75, 3.05) is 46.3 Å². The second kappa shape index (κ2) is 16.0. The molecule has 1 atom stereocenters. The summed E-state index contributed by atoms with van der Waals surface area (Å²) in [5.74, 6) is -3.15. The zero-order chi connectivity index (χ0) is 37.5. The third-order valence-corrected chi connectivity index (χ3v) is 10.2. The minimum absolute atomic E-state index is 0.0897. The Balaban J connectivity index is 1.95. The summed E-state index contributed by atoms with van der Waals surface area (Å²) in [6.45, 7) is 1.34. The number of benzene rings is 2. The number of azo groups is 1. The number of anilines is 4. The van der Waals surface area contributed by atoms with E-state index in [1.807, 2.05) is 0 Å². The summed E-state index contributed by atoms with van der Waals surface area (Å²) in [7, 11) is -18.6. The number of amides is 2. The quantitative estimate of drug-likeness (QED) is 0.0737. The molecule has 50 heavy (non-hydrogen) atoms. The van der Waals surface area contributed by atoms with Crippen molar-refractivity contribution < 1.29 is 56.5 Å². The number of nitrogens with one attached hydrogen (secondary N) is 4. The van der Waals surface area contributed by atoms with E-state index in [2.05, 4.69) is 46.4 Å². The minimum atomic E-state index is -5.12. The van der Waals surface area contributed by atoms with Crippen molar-refractivity contribution in [3.63, 3.8) is 0 Å². The number of halogens is 1. The molecule has 0 radical (unpaired) electrons. The van der Waals surface area contributed by atoms with Gasteiger partial charge in [0, 0.05) is 24.8 Å². The highest BCUT2D eigenvalue weighted by molar-refractivity contribution is 7.93. The monoisotopic (exact) mass is 784 g/mol. The van der Waals surface area contributed by atoms with Crippen LogP contribution in [0.1, 0.15) is 6.92 Å². The summed E-state index contributed by atoms with van der Waals surface area (Å²) in [6.07, 6.45) is -1.17. The summed E-state index contributed by atoms with van der Waals surface area (Å²) in [5, 5.41) is 17.5. The van der Waals surface area contributed by atoms with Gasteiger partial charge in [-0.1, -0.05) is 0 Å². The van der Waals surface area contributed by atoms with Crippen LogP contribution in [0.4, 0.5) is 43.8 Å². The first-order chi connectivity index (χ1) is 23.0. The van der Waals surface area contributed by atoms with Crippen LogP contribution < -0.4 is 27.0 Å². The van der Waals surface area contributed by atoms with E-state index < -0.39 is 91.6 Å². The van der Waals surface area contributed by atoms with E-state index in [1.54, 1.807) is 6.92 Å². The first-order valence-corrected chi connectivity index (χ1v) is 19.9. The molecule has 274 valence electrons. The fourth-order valence-electron chi connectivity index (χ4n) is 3.54. The number of rotatable bonds is 16. The average molecular weight is 785 g/mol. The Bertz CT molecular complexity index is 2220. The molecule has 1 heterocycles. The lowest BCUT2D eigenvalue weighted by Crippen LogP contribution is -2.34. The predicted molar refractivity (Wildman–Crippen MR) is 174 cm³/mol. The molecule has 0 saturated carbocycles. The van der Waals surface area contributed by atoms with Crippen LogP contribution in [0.2, 0.25) is 0 Å². The van der Waals surface area contributed by atoms with E-state index in [0.717, 1.165) is 12.1 Å². The first-order valence-electron chi connectivity index (χ1n) is 13.5. The van der Waals surface area contributed by atoms with Crippen molar-refractivity contribution in [1.82, 2.24) is 20.3 Å². The van der Waals surface area contributed by atoms with Gasteiger partial charge in [0.05, 0.1) is 27.8 Å². The van der Waals surface area contributed by atoms with Gasteiger partial charge in [0.15, 0.2) is 9.84 Å². The molecule has 2 aromatic carbocycles. The van der Waals surface area contributed by atoms with Gasteiger partial charge in [-0.15, -0.1) is 10.2 Å². The van der Waals surface area contributed by atoms with Crippen LogP contribution in [0.5, 0.6) is 0 Å². The molecule has 1 aromatic heterocycles. The maximum Gasteiger partial charge on any atom is 0.319 e. The number of sulfone groups is 1. The number of urea groups is 1. The molecule has 0 spiro atoms. The van der Waals surface area contributed by atoms with Crippen LogP contribution in [0.25, 0.3) is 0 Å². The minimum Gasteiger partial charge on any atom is -0.352 e. The number of hydrogen-bond acceptors (Lipinski definition) is 17. The summed E-state index contributed by atoms with van der Waals surface area (Å²) in [4.78, 5) is 21.8. The van der Waals surface area contributed by atoms with Crippen LogP contribution in [0.15, 0.2) is 56.4 Å². The molecule has 9 N–H and O–H groups in total. The fraction of sp³-hybridized carbons (Fsp3) is 0.304. The van der Waals surface area contributed by atoms with Gasteiger partial charge in [0.25, 0.3) is 30.4 Å². The standard InChI is InChI=1S/C23H29FN10O12S4/c1-13(25)12-27-21-30-20(24)31-22(32-21)28-14-2-4-16(33-34-17-5-3-15(49(41,42)43)11-19(17)50(44,45)46)18(10-14)29-23(35)26-6-7-47(36,37)8-9-48(38,39)40/h2-5,10-11,13H,6-9,12,25H2,1H3,(H2,26,29,35)(H,38,39,40)(H,41,42,43)(H,44,45,46)(H2,27,28,30,31,32). The molecule has 0 aliphatic heterocycles. The van der Waals surface area contributed by atoms with Crippen molar-refractivity contribution in [2.45, 2.75) is 22.8 Å². The Morgan fingerprint density at radius 3 is 2.12 bits per heavy atom. The molecule has 0 aliphatic rings. The topological polar surface area (TPSA) is 352 Å². The van der Waals surface area contributed by atoms with Crippen molar-refractivity contribution in [3.8, 4) is 0 Å². The maximum absolute atomic E-state index is 14.1. The highest BCUT2D eigenvalue weighted by atomic mass is 32.2. The van der Waals surface area contributed by atoms with Crippen LogP contribution >= 0.6 is 0 Å². The first kappa shape index (κ1) is 39.9. The molecule has 22 nitrogen and oxygen atoms in total. The third kappa shape index (κ3) is 13.1. The predicted octanol–water partition coefficient (Wildman–Crippen LogP) is 0.846. The Morgan fingerprint density at radius 2 is 1.50 bits per heavy atom. The molecule has 0 aliphatic carbocycles. The molecule has 0 saturated heterocycles. The molecule has 0 bridgehead atoms. The Labute approximate surface area is 284 Å². The van der Waals surface area contributed by atoms with Crippen molar-refractivity contribution in [2.24, 2.45) is 16.0 Å². The number of aromatic nitrogens is 3. The molecule has 3 rings (SSSR count). The van der Waals surface area contributed by atoms with E-state index >= 15 is 0 Å². The molecule has 1 unspecified atom stereocenters. The fourth-order valence-corrected chi connectivity index (χ4v) is 7.25. The average Bonchev–Trinajstić information content (AvgIpc) is 2.97. The lowest BCUT2D eigenvalue weighted by Gasteiger charge is -2.13. The number of nitrogens with two attached hydrogens (primary N) is 1. The summed E-state index contributed by atoms with van der Waals surface area (Å²) >= 11 is 0. The van der Waals surface area contributed by atoms with Gasteiger partial charge in [0.1, 0.15) is 16.3 Å². The van der Waals surface area contributed by atoms with Gasteiger partial charge in [-0.05, 0) is 43.3 Å². The van der Waals surface area contributed by atoms with Gasteiger partial charge in [-0.3, -0.25) is 13.7 Å². The lowest BCUT2D eigenvalue weighted by molar-refractivity contribution is 0.252. The van der Waals surface area contributed by atoms with Crippen LogP contribution in [0.3, 0.4) is 0 Å². The second-order valence-corrected chi connectivity index (χ2v) is 16.8. The number of hydrogen-bond donors (Lipinski definition) is 8. The molecule has 27 heteroatoms. The molecule has 2 amide bonds. The molecule has 3 aromatic rings. The van der Waals surface area contributed by atoms with Crippen LogP contribution in [-0.2, 0) is 40.2 Å². The Hall–Kier alpha value is -4.51. The largest absolute Gasteiger partial charge is 0.352 e. The zero-order valence-corrected chi connectivity index (χ0v) is 28.7. The maximum atomic E-state index is 14.1. The highest BCUT2D eigenvalue weighted by Gasteiger charge is 2.21. The molecular formula is C23H29FN10O12S4. The van der Waals surface area contributed by atoms with E-state index in [9.17, 15) is 52.0 Å². The Kier molecular flexibility index (Phi) is 12.8. The zero-order valence-electron chi connectivity index (χ0n) is 25.4. The number of carbonyl (C=O) groups is 1. The van der Waals surface area contributed by atoms with Crippen molar-refractivity contribution in [3.05, 3.63) is 42.5 Å². The van der Waals surface area contributed by atoms with Crippen LogP contribution in [0, 0.1) is 6.08 Å². The molecule has 0 fully saturated rings. The third-order valence-electron chi connectivity index (χ3n) is 5.81. The smallest absolute Gasteiger partial charge is 0.319 e. The summed E-state index contributed by atoms with van der Waals surface area (Å²) in [6, 6.07) is 4.33.